The maximum absolute atomic E-state index is 5.00. The van der Waals surface area contributed by atoms with Crippen LogP contribution in [0, 0.1) is 0 Å². The standard InChI is InChI=1S/C23H20N2/c1-2-17-25-21-16-10-9-15-20(21)24-23(25)22(18-11-5-3-6-12-18)19-13-7-4-8-14-19/h2-16,22H,1,17H2. The molecule has 1 aromatic heterocycles. The normalized spacial score (nSPS) is 11.1. The molecule has 0 spiro atoms. The molecule has 3 aromatic carbocycles. The first-order chi connectivity index (χ1) is 12.4. The zero-order chi connectivity index (χ0) is 17.1. The molecule has 0 amide bonds. The molecule has 122 valence electrons. The topological polar surface area (TPSA) is 17.8 Å². The number of rotatable bonds is 5. The molecular weight excluding hydrogens is 304 g/mol. The second-order valence-electron chi connectivity index (χ2n) is 6.11. The van der Waals surface area contributed by atoms with E-state index in [-0.39, 0.29) is 5.92 Å². The Labute approximate surface area is 148 Å². The van der Waals surface area contributed by atoms with Crippen molar-refractivity contribution in [3.05, 3.63) is 115 Å². The minimum absolute atomic E-state index is 0.0924. The van der Waals surface area contributed by atoms with Gasteiger partial charge in [0, 0.05) is 6.54 Å². The molecule has 0 unspecified atom stereocenters. The van der Waals surface area contributed by atoms with E-state index in [0.29, 0.717) is 0 Å². The number of hydrogen-bond acceptors (Lipinski definition) is 1. The number of benzene rings is 3. The molecule has 1 heterocycles. The third-order valence-corrected chi connectivity index (χ3v) is 4.52. The van der Waals surface area contributed by atoms with Gasteiger partial charge in [-0.2, -0.15) is 0 Å². The van der Waals surface area contributed by atoms with Crippen molar-refractivity contribution in [1.82, 2.24) is 9.55 Å². The summed E-state index contributed by atoms with van der Waals surface area (Å²) in [6.45, 7) is 4.68. The van der Waals surface area contributed by atoms with Crippen molar-refractivity contribution in [2.45, 2.75) is 12.5 Å². The smallest absolute Gasteiger partial charge is 0.122 e. The van der Waals surface area contributed by atoms with Gasteiger partial charge in [-0.25, -0.2) is 4.98 Å². The summed E-state index contributed by atoms with van der Waals surface area (Å²) in [5.74, 6) is 1.15. The first kappa shape index (κ1) is 15.4. The molecule has 2 heteroatoms. The molecule has 0 N–H and O–H groups in total. The van der Waals surface area contributed by atoms with Gasteiger partial charge in [-0.1, -0.05) is 78.9 Å². The predicted octanol–water partition coefficient (Wildman–Crippen LogP) is 5.40. The van der Waals surface area contributed by atoms with Crippen LogP contribution in [0.2, 0.25) is 0 Å². The molecule has 4 aromatic rings. The maximum Gasteiger partial charge on any atom is 0.122 e. The monoisotopic (exact) mass is 324 g/mol. The van der Waals surface area contributed by atoms with E-state index in [1.807, 2.05) is 12.1 Å². The van der Waals surface area contributed by atoms with Crippen LogP contribution in [0.4, 0.5) is 0 Å². The summed E-state index contributed by atoms with van der Waals surface area (Å²) in [5, 5.41) is 0. The zero-order valence-corrected chi connectivity index (χ0v) is 14.0. The van der Waals surface area contributed by atoms with Gasteiger partial charge < -0.3 is 4.57 Å². The van der Waals surface area contributed by atoms with Crippen LogP contribution in [0.25, 0.3) is 11.0 Å². The SMILES string of the molecule is C=CCn1c(C(c2ccccc2)c2ccccc2)nc2ccccc21. The second kappa shape index (κ2) is 6.78. The summed E-state index contributed by atoms with van der Waals surface area (Å²) in [4.78, 5) is 5.00. The molecule has 4 rings (SSSR count). The van der Waals surface area contributed by atoms with E-state index in [4.69, 9.17) is 4.98 Å². The zero-order valence-electron chi connectivity index (χ0n) is 14.0. The highest BCUT2D eigenvalue weighted by molar-refractivity contribution is 5.76. The van der Waals surface area contributed by atoms with Gasteiger partial charge in [-0.15, -0.1) is 6.58 Å². The average Bonchev–Trinajstić information content (AvgIpc) is 3.02. The molecule has 0 aliphatic rings. The first-order valence-corrected chi connectivity index (χ1v) is 8.54. The Hall–Kier alpha value is -3.13. The molecule has 2 nitrogen and oxygen atoms in total. The Bertz CT molecular complexity index is 945. The Balaban J connectivity index is 1.98. The molecule has 0 bridgehead atoms. The quantitative estimate of drug-likeness (QED) is 0.449. The Kier molecular flexibility index (Phi) is 4.17. The van der Waals surface area contributed by atoms with Gasteiger partial charge in [0.05, 0.1) is 17.0 Å². The molecule has 0 saturated carbocycles. The van der Waals surface area contributed by atoms with Crippen LogP contribution in [0.1, 0.15) is 22.9 Å². The molecule has 0 radical (unpaired) electrons. The van der Waals surface area contributed by atoms with E-state index in [0.717, 1.165) is 23.4 Å². The fourth-order valence-electron chi connectivity index (χ4n) is 3.42. The third-order valence-electron chi connectivity index (χ3n) is 4.52. The minimum atomic E-state index is 0.0924. The van der Waals surface area contributed by atoms with Gasteiger partial charge in [0.25, 0.3) is 0 Å². The van der Waals surface area contributed by atoms with E-state index in [1.165, 1.54) is 11.1 Å². The number of imidazole rings is 1. The van der Waals surface area contributed by atoms with Crippen LogP contribution in [0.3, 0.4) is 0 Å². The van der Waals surface area contributed by atoms with Crippen LogP contribution < -0.4 is 0 Å². The van der Waals surface area contributed by atoms with Crippen molar-refractivity contribution in [2.24, 2.45) is 0 Å². The van der Waals surface area contributed by atoms with Crippen molar-refractivity contribution < 1.29 is 0 Å². The van der Waals surface area contributed by atoms with Crippen molar-refractivity contribution in [3.8, 4) is 0 Å². The number of allylic oxidation sites excluding steroid dienone is 1. The van der Waals surface area contributed by atoms with E-state index in [9.17, 15) is 0 Å². The highest BCUT2D eigenvalue weighted by Gasteiger charge is 2.23. The lowest BCUT2D eigenvalue weighted by Crippen LogP contribution is -2.11. The van der Waals surface area contributed by atoms with Gasteiger partial charge in [0.2, 0.25) is 0 Å². The van der Waals surface area contributed by atoms with E-state index in [2.05, 4.69) is 90.0 Å². The van der Waals surface area contributed by atoms with Crippen LogP contribution in [0.5, 0.6) is 0 Å². The lowest BCUT2D eigenvalue weighted by atomic mass is 9.90. The summed E-state index contributed by atoms with van der Waals surface area (Å²) in [6.07, 6.45) is 1.94. The fourth-order valence-corrected chi connectivity index (χ4v) is 3.42. The molecule has 0 saturated heterocycles. The maximum atomic E-state index is 5.00. The second-order valence-corrected chi connectivity index (χ2v) is 6.11. The fraction of sp³-hybridized carbons (Fsp3) is 0.0870. The molecule has 0 fully saturated rings. The summed E-state index contributed by atoms with van der Waals surface area (Å²) in [5.41, 5.74) is 4.66. The van der Waals surface area contributed by atoms with Crippen molar-refractivity contribution in [1.29, 1.82) is 0 Å². The average molecular weight is 324 g/mol. The summed E-state index contributed by atoms with van der Waals surface area (Å²) in [7, 11) is 0. The number of hydrogen-bond donors (Lipinski definition) is 0. The third kappa shape index (κ3) is 2.87. The molecule has 0 aliphatic heterocycles. The summed E-state index contributed by atoms with van der Waals surface area (Å²) < 4.78 is 2.27. The van der Waals surface area contributed by atoms with Crippen molar-refractivity contribution in [3.63, 3.8) is 0 Å². The van der Waals surface area contributed by atoms with Crippen molar-refractivity contribution in [2.75, 3.05) is 0 Å². The summed E-state index contributed by atoms with van der Waals surface area (Å²) >= 11 is 0. The Morgan fingerprint density at radius 2 is 1.36 bits per heavy atom. The predicted molar refractivity (Wildman–Crippen MR) is 104 cm³/mol. The van der Waals surface area contributed by atoms with Crippen LogP contribution in [-0.4, -0.2) is 9.55 Å². The van der Waals surface area contributed by atoms with Gasteiger partial charge in [0.1, 0.15) is 5.82 Å². The molecule has 0 atom stereocenters. The van der Waals surface area contributed by atoms with Crippen LogP contribution in [-0.2, 0) is 6.54 Å². The molecule has 25 heavy (non-hydrogen) atoms. The number of nitrogens with zero attached hydrogens (tertiary/aromatic N) is 2. The largest absolute Gasteiger partial charge is 0.323 e. The first-order valence-electron chi connectivity index (χ1n) is 8.54. The number of para-hydroxylation sites is 2. The van der Waals surface area contributed by atoms with E-state index < -0.39 is 0 Å². The van der Waals surface area contributed by atoms with E-state index in [1.54, 1.807) is 0 Å². The minimum Gasteiger partial charge on any atom is -0.323 e. The lowest BCUT2D eigenvalue weighted by Gasteiger charge is -2.19. The molecule has 0 aliphatic carbocycles. The van der Waals surface area contributed by atoms with Gasteiger partial charge in [-0.3, -0.25) is 0 Å². The number of aromatic nitrogens is 2. The lowest BCUT2D eigenvalue weighted by molar-refractivity contribution is 0.736. The van der Waals surface area contributed by atoms with E-state index >= 15 is 0 Å². The van der Waals surface area contributed by atoms with Crippen LogP contribution in [0.15, 0.2) is 97.6 Å². The van der Waals surface area contributed by atoms with Gasteiger partial charge >= 0.3 is 0 Å². The van der Waals surface area contributed by atoms with Crippen molar-refractivity contribution >= 4 is 11.0 Å². The summed E-state index contributed by atoms with van der Waals surface area (Å²) in [6, 6.07) is 29.5. The van der Waals surface area contributed by atoms with Gasteiger partial charge in [0.15, 0.2) is 0 Å². The highest BCUT2D eigenvalue weighted by Crippen LogP contribution is 2.33. The Morgan fingerprint density at radius 3 is 1.96 bits per heavy atom. The van der Waals surface area contributed by atoms with Gasteiger partial charge in [-0.05, 0) is 23.3 Å². The molecular formula is C23H20N2. The van der Waals surface area contributed by atoms with Crippen LogP contribution >= 0.6 is 0 Å². The number of fused-ring (bicyclic) bond motifs is 1. The Morgan fingerprint density at radius 1 is 0.800 bits per heavy atom. The highest BCUT2D eigenvalue weighted by atomic mass is 15.1.